The Morgan fingerprint density at radius 3 is 2.65 bits per heavy atom. The summed E-state index contributed by atoms with van der Waals surface area (Å²) in [7, 11) is 0. The Morgan fingerprint density at radius 2 is 1.95 bits per heavy atom. The van der Waals surface area contributed by atoms with E-state index in [0.29, 0.717) is 25.0 Å². The summed E-state index contributed by atoms with van der Waals surface area (Å²) in [6, 6.07) is 7.36. The van der Waals surface area contributed by atoms with Gasteiger partial charge in [-0.1, -0.05) is 0 Å². The molecule has 11 heteroatoms. The van der Waals surface area contributed by atoms with Gasteiger partial charge >= 0.3 is 6.09 Å². The van der Waals surface area contributed by atoms with Crippen molar-refractivity contribution in [2.75, 3.05) is 19.7 Å². The van der Waals surface area contributed by atoms with Crippen LogP contribution in [0, 0.1) is 23.0 Å². The molecule has 9 nitrogen and oxygen atoms in total. The van der Waals surface area contributed by atoms with Gasteiger partial charge in [-0.05, 0) is 51.1 Å². The van der Waals surface area contributed by atoms with Crippen LogP contribution in [0.3, 0.4) is 0 Å². The molecule has 0 aliphatic carbocycles. The second-order valence-corrected chi connectivity index (χ2v) is 10.3. The second-order valence-electron chi connectivity index (χ2n) is 10.3. The first-order valence-corrected chi connectivity index (χ1v) is 11.7. The maximum Gasteiger partial charge on any atom is 0.410 e. The Hall–Kier alpha value is -4.04. The molecule has 2 aromatic carbocycles. The van der Waals surface area contributed by atoms with Gasteiger partial charge in [0.25, 0.3) is 5.56 Å². The highest BCUT2D eigenvalue weighted by molar-refractivity contribution is 5.79. The highest BCUT2D eigenvalue weighted by Gasteiger charge is 2.52. The number of likely N-dealkylation sites (tertiary alicyclic amines) is 1. The van der Waals surface area contributed by atoms with E-state index in [1.165, 1.54) is 29.1 Å². The molecule has 3 aromatic rings. The number of nitriles is 1. The number of carbonyl (C=O) groups excluding carboxylic acids is 1. The molecule has 2 saturated heterocycles. The molecule has 2 fully saturated rings. The summed E-state index contributed by atoms with van der Waals surface area (Å²) in [5, 5.41) is 9.41. The van der Waals surface area contributed by atoms with Crippen molar-refractivity contribution in [3.05, 3.63) is 64.2 Å². The largest absolute Gasteiger partial charge is 0.453 e. The zero-order valence-corrected chi connectivity index (χ0v) is 20.5. The van der Waals surface area contributed by atoms with Crippen molar-refractivity contribution < 1.29 is 27.8 Å². The number of hydrogen-bond donors (Lipinski definition) is 0. The van der Waals surface area contributed by atoms with Gasteiger partial charge in [0.1, 0.15) is 34.4 Å². The molecule has 3 heterocycles. The lowest BCUT2D eigenvalue weighted by Gasteiger charge is -2.46. The van der Waals surface area contributed by atoms with Crippen LogP contribution in [-0.4, -0.2) is 51.4 Å². The van der Waals surface area contributed by atoms with Crippen molar-refractivity contribution in [3.8, 4) is 17.6 Å². The molecule has 192 valence electrons. The molecule has 5 rings (SSSR count). The summed E-state index contributed by atoms with van der Waals surface area (Å²) < 4.78 is 46.6. The van der Waals surface area contributed by atoms with Gasteiger partial charge in [0, 0.05) is 6.42 Å². The number of carbonyl (C=O) groups is 1. The van der Waals surface area contributed by atoms with Crippen LogP contribution >= 0.6 is 0 Å². The number of fused-ring (bicyclic) bond motifs is 1. The topological polar surface area (TPSA) is 107 Å². The van der Waals surface area contributed by atoms with Crippen LogP contribution in [0.2, 0.25) is 0 Å². The highest BCUT2D eigenvalue weighted by Crippen LogP contribution is 2.40. The summed E-state index contributed by atoms with van der Waals surface area (Å²) >= 11 is 0. The van der Waals surface area contributed by atoms with E-state index in [2.05, 4.69) is 4.98 Å². The first kappa shape index (κ1) is 24.6. The average Bonchev–Trinajstić information content (AvgIpc) is 3.26. The molecule has 0 bridgehead atoms. The van der Waals surface area contributed by atoms with Crippen molar-refractivity contribution in [2.45, 2.75) is 44.4 Å². The number of hydrogen-bond acceptors (Lipinski definition) is 7. The van der Waals surface area contributed by atoms with E-state index in [1.54, 1.807) is 31.7 Å². The Bertz CT molecular complexity index is 1500. The van der Waals surface area contributed by atoms with Crippen LogP contribution in [-0.2, 0) is 9.47 Å². The van der Waals surface area contributed by atoms with Crippen molar-refractivity contribution >= 4 is 17.0 Å². The van der Waals surface area contributed by atoms with E-state index in [-0.39, 0.29) is 29.3 Å². The second kappa shape index (κ2) is 8.81. The minimum Gasteiger partial charge on any atom is -0.453 e. The van der Waals surface area contributed by atoms with Gasteiger partial charge in [0.05, 0.1) is 43.0 Å². The van der Waals surface area contributed by atoms with Crippen LogP contribution in [0.4, 0.5) is 13.6 Å². The van der Waals surface area contributed by atoms with Gasteiger partial charge in [-0.25, -0.2) is 18.6 Å². The lowest BCUT2D eigenvalue weighted by atomic mass is 9.90. The minimum absolute atomic E-state index is 0.0521. The van der Waals surface area contributed by atoms with Crippen molar-refractivity contribution in [3.63, 3.8) is 0 Å². The van der Waals surface area contributed by atoms with Crippen LogP contribution in [0.5, 0.6) is 11.5 Å². The number of halogens is 2. The van der Waals surface area contributed by atoms with E-state index in [4.69, 9.17) is 14.2 Å². The molecular formula is C26H24F2N4O5. The molecule has 1 aromatic heterocycles. The van der Waals surface area contributed by atoms with Crippen LogP contribution in [0.1, 0.15) is 38.8 Å². The first-order chi connectivity index (χ1) is 17.5. The summed E-state index contributed by atoms with van der Waals surface area (Å²) in [6.45, 7) is 6.41. The van der Waals surface area contributed by atoms with Crippen LogP contribution in [0.15, 0.2) is 41.5 Å². The standard InChI is InChI=1S/C26H24F2N4O5/c1-25(2,3)37-24(34)31-12-26(13-31)9-15(11-35-26)32-14-30-21-7-4-16(8-17(21)23(32)33)36-22-18(10-29)19(27)5-6-20(22)28/h4-8,14-15H,9,11-13H2,1-3H3/t15-/m0/s1. The van der Waals surface area contributed by atoms with E-state index in [0.717, 1.165) is 12.1 Å². The maximum atomic E-state index is 14.3. The number of nitrogens with zero attached hydrogens (tertiary/aromatic N) is 4. The lowest BCUT2D eigenvalue weighted by Crippen LogP contribution is -2.63. The Balaban J connectivity index is 1.36. The lowest BCUT2D eigenvalue weighted by molar-refractivity contribution is -0.109. The van der Waals surface area contributed by atoms with E-state index in [9.17, 15) is 23.6 Å². The van der Waals surface area contributed by atoms with Crippen molar-refractivity contribution in [2.24, 2.45) is 0 Å². The van der Waals surface area contributed by atoms with E-state index >= 15 is 0 Å². The van der Waals surface area contributed by atoms with Gasteiger partial charge in [0.2, 0.25) is 0 Å². The third-order valence-electron chi connectivity index (χ3n) is 6.34. The molecular weight excluding hydrogens is 486 g/mol. The summed E-state index contributed by atoms with van der Waals surface area (Å²) in [5.74, 6) is -2.33. The molecule has 0 radical (unpaired) electrons. The molecule has 0 N–H and O–H groups in total. The smallest absolute Gasteiger partial charge is 0.410 e. The monoisotopic (exact) mass is 510 g/mol. The van der Waals surface area contributed by atoms with Gasteiger partial charge in [0.15, 0.2) is 11.6 Å². The molecule has 2 aliphatic rings. The van der Waals surface area contributed by atoms with Crippen molar-refractivity contribution in [1.82, 2.24) is 14.5 Å². The van der Waals surface area contributed by atoms with Crippen LogP contribution < -0.4 is 10.3 Å². The van der Waals surface area contributed by atoms with Gasteiger partial charge in [-0.3, -0.25) is 9.36 Å². The Kier molecular flexibility index (Phi) is 5.87. The molecule has 0 unspecified atom stereocenters. The third-order valence-corrected chi connectivity index (χ3v) is 6.34. The summed E-state index contributed by atoms with van der Waals surface area (Å²) in [5.41, 5.74) is -1.68. The van der Waals surface area contributed by atoms with Crippen molar-refractivity contribution in [1.29, 1.82) is 5.26 Å². The van der Waals surface area contributed by atoms with Crippen LogP contribution in [0.25, 0.3) is 10.9 Å². The molecule has 37 heavy (non-hydrogen) atoms. The van der Waals surface area contributed by atoms with Gasteiger partial charge in [-0.2, -0.15) is 5.26 Å². The maximum absolute atomic E-state index is 14.3. The molecule has 1 amide bonds. The number of amides is 1. The number of ether oxygens (including phenoxy) is 3. The number of aromatic nitrogens is 2. The highest BCUT2D eigenvalue weighted by atomic mass is 19.1. The van der Waals surface area contributed by atoms with Gasteiger partial charge in [-0.15, -0.1) is 0 Å². The summed E-state index contributed by atoms with van der Waals surface area (Å²) in [4.78, 5) is 31.6. The first-order valence-electron chi connectivity index (χ1n) is 11.7. The zero-order chi connectivity index (χ0) is 26.5. The average molecular weight is 510 g/mol. The Labute approximate surface area is 210 Å². The zero-order valence-electron chi connectivity index (χ0n) is 20.5. The fraction of sp³-hybridized carbons (Fsp3) is 0.385. The Morgan fingerprint density at radius 1 is 1.22 bits per heavy atom. The molecule has 1 atom stereocenters. The predicted molar refractivity (Wildman–Crippen MR) is 127 cm³/mol. The molecule has 0 saturated carbocycles. The van der Waals surface area contributed by atoms with E-state index in [1.807, 2.05) is 0 Å². The quantitative estimate of drug-likeness (QED) is 0.517. The minimum atomic E-state index is -0.917. The fourth-order valence-electron chi connectivity index (χ4n) is 4.62. The number of benzene rings is 2. The predicted octanol–water partition coefficient (Wildman–Crippen LogP) is 4.29. The normalized spacial score (nSPS) is 18.5. The fourth-order valence-corrected chi connectivity index (χ4v) is 4.62. The molecule has 2 aliphatic heterocycles. The summed E-state index contributed by atoms with van der Waals surface area (Å²) in [6.07, 6.45) is 1.55. The SMILES string of the molecule is CC(C)(C)OC(=O)N1CC2(C[C@H](n3cnc4ccc(Oc5c(F)ccc(F)c5C#N)cc4c3=O)CO2)C1. The number of rotatable bonds is 3. The third kappa shape index (κ3) is 4.60. The van der Waals surface area contributed by atoms with E-state index < -0.39 is 40.2 Å². The molecule has 1 spiro atoms. The van der Waals surface area contributed by atoms with Gasteiger partial charge < -0.3 is 19.1 Å².